The van der Waals surface area contributed by atoms with E-state index in [1.165, 1.54) is 79.0 Å². The fraction of sp³-hybridized carbons (Fsp3) is 0.0217. The van der Waals surface area contributed by atoms with Crippen molar-refractivity contribution >= 4 is 87.1 Å². The summed E-state index contributed by atoms with van der Waals surface area (Å²) in [7, 11) is 0. The van der Waals surface area contributed by atoms with Crippen LogP contribution in [0.1, 0.15) is 22.7 Å². The summed E-state index contributed by atoms with van der Waals surface area (Å²) in [4.78, 5) is 8.13. The monoisotopic (exact) mass is 672 g/mol. The number of thioether (sulfide) groups is 1. The lowest BCUT2D eigenvalue weighted by Crippen LogP contribution is -2.32. The zero-order chi connectivity index (χ0) is 32.8. The summed E-state index contributed by atoms with van der Waals surface area (Å²) in [6.45, 7) is 0. The predicted molar refractivity (Wildman–Crippen MR) is 215 cm³/mol. The Morgan fingerprint density at radius 2 is 1.16 bits per heavy atom. The van der Waals surface area contributed by atoms with E-state index in [0.29, 0.717) is 0 Å². The Hall–Kier alpha value is -5.68. The number of benzene rings is 8. The second-order valence-corrected chi connectivity index (χ2v) is 15.2. The van der Waals surface area contributed by atoms with E-state index in [-0.39, 0.29) is 6.04 Å². The van der Waals surface area contributed by atoms with Crippen LogP contribution in [0.5, 0.6) is 0 Å². The van der Waals surface area contributed by atoms with Gasteiger partial charge in [-0.2, -0.15) is 0 Å². The van der Waals surface area contributed by atoms with Crippen molar-refractivity contribution in [1.29, 1.82) is 0 Å². The normalized spacial score (nSPS) is 15.5. The molecular formula is C46H28N2S2. The number of amidine groups is 1. The fourth-order valence-corrected chi connectivity index (χ4v) is 10.6. The van der Waals surface area contributed by atoms with Gasteiger partial charge in [0.1, 0.15) is 5.84 Å². The Morgan fingerprint density at radius 3 is 2.00 bits per heavy atom. The van der Waals surface area contributed by atoms with Gasteiger partial charge in [-0.15, -0.1) is 11.3 Å². The van der Waals surface area contributed by atoms with Crippen LogP contribution in [0.2, 0.25) is 0 Å². The average molecular weight is 673 g/mol. The summed E-state index contributed by atoms with van der Waals surface area (Å²) >= 11 is 3.73. The van der Waals surface area contributed by atoms with Crippen molar-refractivity contribution in [3.8, 4) is 11.1 Å². The van der Waals surface area contributed by atoms with Crippen molar-refractivity contribution in [3.63, 3.8) is 0 Å². The standard InChI is InChI=1S/C46H28N2S2/c1-2-13-27(14-3-1)42-45-43(36-20-9-11-24-40(36)50-45)48-46(47-42)38-26-28(29-21-12-22-35-33-18-8-10-23-39(33)49-44(29)35)25-37-32-17-5-4-15-30(32)31-16-6-7-19-34(31)41(37)38/h1-26,43H,(H,47,48). The number of fused-ring (bicyclic) bond motifs is 12. The topological polar surface area (TPSA) is 24.4 Å². The summed E-state index contributed by atoms with van der Waals surface area (Å²) in [6, 6.07) is 57.6. The molecule has 9 aromatic rings. The Balaban J connectivity index is 1.26. The molecule has 1 aromatic heterocycles. The Morgan fingerprint density at radius 1 is 0.500 bits per heavy atom. The van der Waals surface area contributed by atoms with Gasteiger partial charge in [0.2, 0.25) is 0 Å². The minimum atomic E-state index is 0.0235. The van der Waals surface area contributed by atoms with Crippen molar-refractivity contribution in [2.45, 2.75) is 10.9 Å². The van der Waals surface area contributed by atoms with Crippen LogP contribution in [0.15, 0.2) is 173 Å². The van der Waals surface area contributed by atoms with Crippen molar-refractivity contribution in [1.82, 2.24) is 5.32 Å². The molecule has 1 N–H and O–H groups in total. The van der Waals surface area contributed by atoms with Gasteiger partial charge >= 0.3 is 0 Å². The number of thiophene rings is 1. The smallest absolute Gasteiger partial charge is 0.135 e. The van der Waals surface area contributed by atoms with Crippen molar-refractivity contribution in [2.24, 2.45) is 4.99 Å². The van der Waals surface area contributed by atoms with E-state index in [0.717, 1.165) is 22.7 Å². The number of hydrogen-bond donors (Lipinski definition) is 1. The van der Waals surface area contributed by atoms with Gasteiger partial charge in [-0.1, -0.05) is 145 Å². The molecule has 2 nitrogen and oxygen atoms in total. The highest BCUT2D eigenvalue weighted by molar-refractivity contribution is 8.03. The van der Waals surface area contributed by atoms with Gasteiger partial charge in [0.15, 0.2) is 0 Å². The van der Waals surface area contributed by atoms with E-state index in [2.05, 4.69) is 163 Å². The third-order valence-electron chi connectivity index (χ3n) is 10.3. The van der Waals surface area contributed by atoms with Gasteiger partial charge in [-0.05, 0) is 67.9 Å². The lowest BCUT2D eigenvalue weighted by atomic mass is 9.88. The first-order chi connectivity index (χ1) is 24.8. The minimum Gasteiger partial charge on any atom is -0.358 e. The molecule has 1 unspecified atom stereocenters. The highest BCUT2D eigenvalue weighted by Crippen LogP contribution is 2.52. The van der Waals surface area contributed by atoms with Gasteiger partial charge in [0.25, 0.3) is 0 Å². The zero-order valence-corrected chi connectivity index (χ0v) is 28.5. The maximum atomic E-state index is 5.58. The van der Waals surface area contributed by atoms with Gasteiger partial charge < -0.3 is 5.32 Å². The number of hydrogen-bond acceptors (Lipinski definition) is 4. The van der Waals surface area contributed by atoms with Crippen molar-refractivity contribution < 1.29 is 0 Å². The van der Waals surface area contributed by atoms with E-state index in [4.69, 9.17) is 4.99 Å². The molecule has 0 bridgehead atoms. The molecule has 0 saturated heterocycles. The van der Waals surface area contributed by atoms with Crippen molar-refractivity contribution in [3.05, 3.63) is 179 Å². The molecule has 8 aromatic carbocycles. The van der Waals surface area contributed by atoms with Crippen LogP contribution in [-0.2, 0) is 0 Å². The number of rotatable bonds is 3. The van der Waals surface area contributed by atoms with E-state index in [9.17, 15) is 0 Å². The summed E-state index contributed by atoms with van der Waals surface area (Å²) in [6.07, 6.45) is 0. The third kappa shape index (κ3) is 4.13. The van der Waals surface area contributed by atoms with Crippen LogP contribution in [0.3, 0.4) is 0 Å². The SMILES string of the molecule is c1ccc(C2=C3Sc4ccccc4C3NC(c3cc(-c4cccc5c4sc4ccccc45)cc4c5ccccc5c5ccccc5c34)=N2)cc1. The molecule has 0 fully saturated rings. The van der Waals surface area contributed by atoms with Gasteiger partial charge in [0, 0.05) is 46.5 Å². The molecule has 0 radical (unpaired) electrons. The molecule has 50 heavy (non-hydrogen) atoms. The van der Waals surface area contributed by atoms with Crippen LogP contribution in [-0.4, -0.2) is 5.84 Å². The van der Waals surface area contributed by atoms with Crippen LogP contribution < -0.4 is 5.32 Å². The molecule has 0 amide bonds. The van der Waals surface area contributed by atoms with Crippen molar-refractivity contribution in [2.75, 3.05) is 0 Å². The Labute approximate surface area is 297 Å². The summed E-state index contributed by atoms with van der Waals surface area (Å²) < 4.78 is 2.63. The van der Waals surface area contributed by atoms with Crippen LogP contribution in [0.4, 0.5) is 0 Å². The molecule has 3 heterocycles. The Bertz CT molecular complexity index is 2930. The Kier molecular flexibility index (Phi) is 6.15. The predicted octanol–water partition coefficient (Wildman–Crippen LogP) is 12.7. The second kappa shape index (κ2) is 10.9. The molecule has 0 aliphatic carbocycles. The van der Waals surface area contributed by atoms with E-state index < -0.39 is 0 Å². The van der Waals surface area contributed by atoms with Gasteiger partial charge in [-0.3, -0.25) is 0 Å². The van der Waals surface area contributed by atoms with E-state index >= 15 is 0 Å². The molecule has 0 saturated carbocycles. The maximum Gasteiger partial charge on any atom is 0.135 e. The number of aliphatic imine (C=N–C) groups is 1. The third-order valence-corrected chi connectivity index (χ3v) is 12.8. The molecule has 11 rings (SSSR count). The second-order valence-electron chi connectivity index (χ2n) is 13.1. The molecule has 1 atom stereocenters. The molecule has 4 heteroatoms. The number of nitrogens with zero attached hydrogens (tertiary/aromatic N) is 1. The van der Waals surface area contributed by atoms with E-state index in [1.54, 1.807) is 0 Å². The van der Waals surface area contributed by atoms with Gasteiger partial charge in [0.05, 0.1) is 11.7 Å². The minimum absolute atomic E-state index is 0.0235. The maximum absolute atomic E-state index is 5.58. The highest BCUT2D eigenvalue weighted by Gasteiger charge is 2.35. The molecule has 234 valence electrons. The molecule has 2 aliphatic heterocycles. The number of nitrogens with one attached hydrogen (secondary N) is 1. The average Bonchev–Trinajstić information content (AvgIpc) is 3.76. The fourth-order valence-electron chi connectivity index (χ4n) is 8.09. The first-order valence-corrected chi connectivity index (χ1v) is 18.6. The first-order valence-electron chi connectivity index (χ1n) is 17.0. The van der Waals surface area contributed by atoms with Crippen LogP contribution in [0, 0.1) is 0 Å². The summed E-state index contributed by atoms with van der Waals surface area (Å²) in [5.41, 5.74) is 7.06. The largest absolute Gasteiger partial charge is 0.358 e. The summed E-state index contributed by atoms with van der Waals surface area (Å²) in [5.74, 6) is 0.908. The lowest BCUT2D eigenvalue weighted by Gasteiger charge is -2.27. The molecule has 0 spiro atoms. The zero-order valence-electron chi connectivity index (χ0n) is 26.9. The molecular weight excluding hydrogens is 645 g/mol. The quantitative estimate of drug-likeness (QED) is 0.189. The first kappa shape index (κ1) is 28.2. The summed E-state index contributed by atoms with van der Waals surface area (Å²) in [5, 5.41) is 14.1. The lowest BCUT2D eigenvalue weighted by molar-refractivity contribution is 0.768. The van der Waals surface area contributed by atoms with Crippen LogP contribution in [0.25, 0.3) is 69.3 Å². The van der Waals surface area contributed by atoms with Gasteiger partial charge in [-0.25, -0.2) is 4.99 Å². The van der Waals surface area contributed by atoms with Crippen LogP contribution >= 0.6 is 23.1 Å². The molecule has 2 aliphatic rings. The van der Waals surface area contributed by atoms with E-state index in [1.807, 2.05) is 23.1 Å². The highest BCUT2D eigenvalue weighted by atomic mass is 32.2.